The molecular weight excluding hydrogens is 402 g/mol. The molecule has 0 unspecified atom stereocenters. The summed E-state index contributed by atoms with van der Waals surface area (Å²) in [6.07, 6.45) is 0. The van der Waals surface area contributed by atoms with Crippen molar-refractivity contribution in [3.8, 4) is 5.75 Å². The van der Waals surface area contributed by atoms with Crippen LogP contribution < -0.4 is 19.9 Å². The Morgan fingerprint density at radius 3 is 2.09 bits per heavy atom. The number of carbonyl (C=O) groups is 2. The second kappa shape index (κ2) is 8.98. The molecule has 1 aliphatic rings. The minimum absolute atomic E-state index is 0.251. The van der Waals surface area contributed by atoms with E-state index in [1.165, 1.54) is 4.90 Å². The van der Waals surface area contributed by atoms with Gasteiger partial charge in [-0.15, -0.1) is 0 Å². The summed E-state index contributed by atoms with van der Waals surface area (Å²) in [5.74, 6) is -0.0399. The predicted octanol–water partition coefficient (Wildman–Crippen LogP) is 4.55. The van der Waals surface area contributed by atoms with E-state index in [9.17, 15) is 9.59 Å². The third-order valence-corrected chi connectivity index (χ3v) is 5.21. The summed E-state index contributed by atoms with van der Waals surface area (Å²) < 4.78 is 5.52. The van der Waals surface area contributed by atoms with Crippen molar-refractivity contribution >= 4 is 34.4 Å². The lowest BCUT2D eigenvalue weighted by Crippen LogP contribution is -2.32. The van der Waals surface area contributed by atoms with Gasteiger partial charge in [-0.1, -0.05) is 30.3 Å². The zero-order valence-electron chi connectivity index (χ0n) is 18.3. The van der Waals surface area contributed by atoms with Crippen molar-refractivity contribution in [2.75, 3.05) is 35.8 Å². The van der Waals surface area contributed by atoms with E-state index >= 15 is 0 Å². The van der Waals surface area contributed by atoms with E-state index < -0.39 is 0 Å². The zero-order chi connectivity index (χ0) is 22.7. The number of nitrogens with one attached hydrogen (secondary N) is 1. The summed E-state index contributed by atoms with van der Waals surface area (Å²) in [4.78, 5) is 30.0. The molecule has 2 amide bonds. The van der Waals surface area contributed by atoms with Crippen LogP contribution in [0.5, 0.6) is 5.75 Å². The lowest BCUT2D eigenvalue weighted by Gasteiger charge is -2.16. The summed E-state index contributed by atoms with van der Waals surface area (Å²) in [6.45, 7) is 2.47. The van der Waals surface area contributed by atoms with Crippen molar-refractivity contribution in [2.45, 2.75) is 6.92 Å². The summed E-state index contributed by atoms with van der Waals surface area (Å²) in [6, 6.07) is 23.9. The van der Waals surface area contributed by atoms with Gasteiger partial charge in [0.05, 0.1) is 17.9 Å². The van der Waals surface area contributed by atoms with Crippen LogP contribution in [0.1, 0.15) is 12.5 Å². The zero-order valence-corrected chi connectivity index (χ0v) is 18.3. The smallest absolute Gasteiger partial charge is 0.282 e. The number of carbonyl (C=O) groups excluding carboxylic acids is 2. The van der Waals surface area contributed by atoms with E-state index in [2.05, 4.69) is 5.32 Å². The number of hydrogen-bond donors (Lipinski definition) is 1. The van der Waals surface area contributed by atoms with Gasteiger partial charge in [-0.05, 0) is 61.0 Å². The van der Waals surface area contributed by atoms with Crippen LogP contribution in [0, 0.1) is 0 Å². The Kier molecular flexibility index (Phi) is 5.94. The number of hydrogen-bond acceptors (Lipinski definition) is 5. The molecule has 6 nitrogen and oxygen atoms in total. The van der Waals surface area contributed by atoms with Gasteiger partial charge in [0.15, 0.2) is 0 Å². The van der Waals surface area contributed by atoms with Gasteiger partial charge >= 0.3 is 0 Å². The molecular formula is C26H25N3O3. The fourth-order valence-corrected chi connectivity index (χ4v) is 3.60. The molecule has 6 heteroatoms. The number of para-hydroxylation sites is 1. The molecule has 0 saturated heterocycles. The summed E-state index contributed by atoms with van der Waals surface area (Å²) >= 11 is 0. The van der Waals surface area contributed by atoms with Crippen molar-refractivity contribution in [3.05, 3.63) is 90.1 Å². The van der Waals surface area contributed by atoms with Crippen LogP contribution in [0.15, 0.2) is 84.6 Å². The molecule has 1 aliphatic heterocycles. The molecule has 32 heavy (non-hydrogen) atoms. The molecule has 0 aliphatic carbocycles. The van der Waals surface area contributed by atoms with Crippen LogP contribution in [0.2, 0.25) is 0 Å². The monoisotopic (exact) mass is 427 g/mol. The average Bonchev–Trinajstić information content (AvgIpc) is 3.05. The molecule has 0 aromatic heterocycles. The Balaban J connectivity index is 1.75. The van der Waals surface area contributed by atoms with E-state index in [4.69, 9.17) is 4.74 Å². The maximum Gasteiger partial charge on any atom is 0.282 e. The number of nitrogens with zero attached hydrogens (tertiary/aromatic N) is 2. The lowest BCUT2D eigenvalue weighted by molar-refractivity contribution is -0.120. The highest BCUT2D eigenvalue weighted by Gasteiger charge is 2.40. The van der Waals surface area contributed by atoms with Crippen LogP contribution in [-0.2, 0) is 9.59 Å². The number of imide groups is 1. The van der Waals surface area contributed by atoms with Crippen molar-refractivity contribution in [1.29, 1.82) is 0 Å². The summed E-state index contributed by atoms with van der Waals surface area (Å²) in [5, 5.41) is 3.19. The first kappa shape index (κ1) is 21.2. The fraction of sp³-hybridized carbons (Fsp3) is 0.154. The van der Waals surface area contributed by atoms with Gasteiger partial charge in [0.25, 0.3) is 11.8 Å². The minimum Gasteiger partial charge on any atom is -0.494 e. The summed E-state index contributed by atoms with van der Waals surface area (Å²) in [7, 11) is 3.93. The Morgan fingerprint density at radius 2 is 1.50 bits per heavy atom. The fourth-order valence-electron chi connectivity index (χ4n) is 3.60. The van der Waals surface area contributed by atoms with E-state index in [0.29, 0.717) is 29.2 Å². The van der Waals surface area contributed by atoms with Gasteiger partial charge in [-0.25, -0.2) is 4.90 Å². The van der Waals surface area contributed by atoms with Crippen LogP contribution in [0.3, 0.4) is 0 Å². The number of ether oxygens (including phenoxy) is 1. The Hall–Kier alpha value is -4.06. The minimum atomic E-state index is -0.387. The molecule has 3 aromatic rings. The molecule has 0 radical (unpaired) electrons. The molecule has 0 atom stereocenters. The van der Waals surface area contributed by atoms with E-state index in [1.807, 2.05) is 56.3 Å². The molecule has 0 spiro atoms. The van der Waals surface area contributed by atoms with Crippen LogP contribution in [0.4, 0.5) is 17.1 Å². The number of anilines is 3. The van der Waals surface area contributed by atoms with Crippen LogP contribution in [-0.4, -0.2) is 32.5 Å². The Morgan fingerprint density at radius 1 is 0.844 bits per heavy atom. The molecule has 0 saturated carbocycles. The third-order valence-electron chi connectivity index (χ3n) is 5.21. The van der Waals surface area contributed by atoms with Gasteiger partial charge < -0.3 is 15.0 Å². The molecule has 1 heterocycles. The number of amides is 2. The standard InChI is InChI=1S/C26H25N3O3/c1-4-32-22-16-10-18(11-17-22)23-24(27-19-12-14-20(15-13-19)28(2)3)26(31)29(25(23)30)21-8-6-5-7-9-21/h5-17,27H,4H2,1-3H3. The van der Waals surface area contributed by atoms with Gasteiger partial charge in [0.2, 0.25) is 0 Å². The van der Waals surface area contributed by atoms with Gasteiger partial charge in [-0.2, -0.15) is 0 Å². The van der Waals surface area contributed by atoms with Crippen LogP contribution >= 0.6 is 0 Å². The quantitative estimate of drug-likeness (QED) is 0.561. The maximum absolute atomic E-state index is 13.4. The van der Waals surface area contributed by atoms with Crippen molar-refractivity contribution < 1.29 is 14.3 Å². The number of benzene rings is 3. The highest BCUT2D eigenvalue weighted by Crippen LogP contribution is 2.34. The first-order valence-corrected chi connectivity index (χ1v) is 10.5. The molecule has 1 N–H and O–H groups in total. The average molecular weight is 428 g/mol. The highest BCUT2D eigenvalue weighted by molar-refractivity contribution is 6.46. The Bertz CT molecular complexity index is 1150. The topological polar surface area (TPSA) is 61.9 Å². The second-order valence-corrected chi connectivity index (χ2v) is 7.55. The third kappa shape index (κ3) is 4.07. The maximum atomic E-state index is 13.4. The largest absolute Gasteiger partial charge is 0.494 e. The van der Waals surface area contributed by atoms with Gasteiger partial charge in [-0.3, -0.25) is 9.59 Å². The molecule has 3 aromatic carbocycles. The SMILES string of the molecule is CCOc1ccc(C2=C(Nc3ccc(N(C)C)cc3)C(=O)N(c3ccccc3)C2=O)cc1. The van der Waals surface area contributed by atoms with Crippen molar-refractivity contribution in [2.24, 2.45) is 0 Å². The van der Waals surface area contributed by atoms with E-state index in [1.54, 1.807) is 48.5 Å². The van der Waals surface area contributed by atoms with E-state index in [-0.39, 0.29) is 17.5 Å². The number of rotatable bonds is 7. The van der Waals surface area contributed by atoms with E-state index in [0.717, 1.165) is 11.4 Å². The van der Waals surface area contributed by atoms with Crippen molar-refractivity contribution in [3.63, 3.8) is 0 Å². The Labute approximate surface area is 187 Å². The predicted molar refractivity (Wildman–Crippen MR) is 128 cm³/mol. The van der Waals surface area contributed by atoms with Crippen molar-refractivity contribution in [1.82, 2.24) is 0 Å². The summed E-state index contributed by atoms with van der Waals surface area (Å²) in [5.41, 5.74) is 3.53. The molecule has 4 rings (SSSR count). The highest BCUT2D eigenvalue weighted by atomic mass is 16.5. The first-order valence-electron chi connectivity index (χ1n) is 10.5. The van der Waals surface area contributed by atoms with Crippen LogP contribution in [0.25, 0.3) is 5.57 Å². The molecule has 0 fully saturated rings. The lowest BCUT2D eigenvalue weighted by atomic mass is 10.0. The van der Waals surface area contributed by atoms with Gasteiger partial charge in [0, 0.05) is 25.5 Å². The molecule has 0 bridgehead atoms. The normalized spacial score (nSPS) is 13.5. The van der Waals surface area contributed by atoms with Gasteiger partial charge in [0.1, 0.15) is 11.4 Å². The molecule has 162 valence electrons. The first-order chi connectivity index (χ1) is 15.5. The second-order valence-electron chi connectivity index (χ2n) is 7.55.